The van der Waals surface area contributed by atoms with Gasteiger partial charge in [0.2, 0.25) is 15.9 Å². The maximum Gasteiger partial charge on any atom is 0.244 e. The molecule has 1 aliphatic heterocycles. The maximum absolute atomic E-state index is 12.5. The van der Waals surface area contributed by atoms with Gasteiger partial charge in [0.15, 0.2) is 0 Å². The van der Waals surface area contributed by atoms with Crippen molar-refractivity contribution in [1.82, 2.24) is 19.1 Å². The fourth-order valence-corrected chi connectivity index (χ4v) is 5.96. The SMILES string of the molecule is O=C(CSc1ccc(S(=O)(=O)N2CCCC2)cn1)Nc1ccnn1C1CCCC1. The lowest BCUT2D eigenvalue weighted by molar-refractivity contribution is -0.113. The van der Waals surface area contributed by atoms with Gasteiger partial charge in [-0.25, -0.2) is 18.1 Å². The van der Waals surface area contributed by atoms with Gasteiger partial charge >= 0.3 is 0 Å². The molecule has 0 unspecified atom stereocenters. The Kier molecular flexibility index (Phi) is 6.21. The second-order valence-electron chi connectivity index (χ2n) is 7.38. The van der Waals surface area contributed by atoms with E-state index in [0.717, 1.165) is 31.5 Å². The third-order valence-electron chi connectivity index (χ3n) is 5.37. The van der Waals surface area contributed by atoms with Crippen LogP contribution in [-0.2, 0) is 14.8 Å². The number of thioether (sulfide) groups is 1. The van der Waals surface area contributed by atoms with Gasteiger partial charge in [0.25, 0.3) is 0 Å². The number of aromatic nitrogens is 3. The highest BCUT2D eigenvalue weighted by molar-refractivity contribution is 7.99. The summed E-state index contributed by atoms with van der Waals surface area (Å²) in [4.78, 5) is 16.8. The van der Waals surface area contributed by atoms with E-state index in [0.29, 0.717) is 24.2 Å². The zero-order chi connectivity index (χ0) is 20.3. The van der Waals surface area contributed by atoms with Crippen molar-refractivity contribution >= 4 is 33.5 Å². The largest absolute Gasteiger partial charge is 0.310 e. The fraction of sp³-hybridized carbons (Fsp3) is 0.526. The molecular formula is C19H25N5O3S2. The molecule has 0 aromatic carbocycles. The lowest BCUT2D eigenvalue weighted by Crippen LogP contribution is -2.27. The number of hydrogen-bond donors (Lipinski definition) is 1. The molecule has 2 aliphatic rings. The highest BCUT2D eigenvalue weighted by Crippen LogP contribution is 2.31. The van der Waals surface area contributed by atoms with Crippen LogP contribution in [0.4, 0.5) is 5.82 Å². The van der Waals surface area contributed by atoms with Crippen LogP contribution in [0.3, 0.4) is 0 Å². The minimum atomic E-state index is -3.46. The lowest BCUT2D eigenvalue weighted by atomic mass is 10.2. The summed E-state index contributed by atoms with van der Waals surface area (Å²) in [6.07, 6.45) is 9.47. The van der Waals surface area contributed by atoms with Crippen molar-refractivity contribution in [2.75, 3.05) is 24.2 Å². The number of carbonyl (C=O) groups excluding carboxylic acids is 1. The van der Waals surface area contributed by atoms with Gasteiger partial charge in [-0.15, -0.1) is 0 Å². The average molecular weight is 436 g/mol. The van der Waals surface area contributed by atoms with Crippen molar-refractivity contribution in [3.05, 3.63) is 30.6 Å². The van der Waals surface area contributed by atoms with E-state index in [-0.39, 0.29) is 16.6 Å². The number of sulfonamides is 1. The van der Waals surface area contributed by atoms with Gasteiger partial charge in [-0.3, -0.25) is 4.79 Å². The Morgan fingerprint density at radius 3 is 2.59 bits per heavy atom. The number of anilines is 1. The predicted molar refractivity (Wildman–Crippen MR) is 111 cm³/mol. The first-order valence-corrected chi connectivity index (χ1v) is 12.4. The normalized spacial score (nSPS) is 18.3. The smallest absolute Gasteiger partial charge is 0.244 e. The summed E-state index contributed by atoms with van der Waals surface area (Å²) in [5.41, 5.74) is 0. The van der Waals surface area contributed by atoms with E-state index in [2.05, 4.69) is 15.4 Å². The Bertz CT molecular complexity index is 946. The van der Waals surface area contributed by atoms with E-state index in [1.807, 2.05) is 10.7 Å². The summed E-state index contributed by atoms with van der Waals surface area (Å²) in [6, 6.07) is 5.40. The van der Waals surface area contributed by atoms with Crippen molar-refractivity contribution in [2.45, 2.75) is 54.5 Å². The second kappa shape index (κ2) is 8.85. The van der Waals surface area contributed by atoms with E-state index < -0.39 is 10.0 Å². The number of carbonyl (C=O) groups is 1. The highest BCUT2D eigenvalue weighted by Gasteiger charge is 2.27. The Labute approximate surface area is 175 Å². The number of hydrogen-bond acceptors (Lipinski definition) is 6. The van der Waals surface area contributed by atoms with Crippen LogP contribution in [-0.4, -0.2) is 52.2 Å². The molecule has 8 nitrogen and oxygen atoms in total. The van der Waals surface area contributed by atoms with Crippen LogP contribution in [0, 0.1) is 0 Å². The van der Waals surface area contributed by atoms with Gasteiger partial charge in [0, 0.05) is 25.4 Å². The second-order valence-corrected chi connectivity index (χ2v) is 10.3. The molecule has 0 radical (unpaired) electrons. The Hall–Kier alpha value is -1.91. The van der Waals surface area contributed by atoms with Crippen molar-refractivity contribution in [3.8, 4) is 0 Å². The zero-order valence-corrected chi connectivity index (χ0v) is 17.8. The molecular weight excluding hydrogens is 410 g/mol. The molecule has 3 heterocycles. The van der Waals surface area contributed by atoms with Crippen LogP contribution in [0.1, 0.15) is 44.6 Å². The van der Waals surface area contributed by atoms with Gasteiger partial charge in [-0.1, -0.05) is 24.6 Å². The van der Waals surface area contributed by atoms with Crippen molar-refractivity contribution in [2.24, 2.45) is 0 Å². The van der Waals surface area contributed by atoms with Crippen LogP contribution in [0.5, 0.6) is 0 Å². The average Bonchev–Trinajstić information content (AvgIpc) is 3.48. The molecule has 1 amide bonds. The van der Waals surface area contributed by atoms with Crippen molar-refractivity contribution in [1.29, 1.82) is 0 Å². The van der Waals surface area contributed by atoms with Crippen molar-refractivity contribution < 1.29 is 13.2 Å². The van der Waals surface area contributed by atoms with E-state index in [1.54, 1.807) is 18.3 Å². The Morgan fingerprint density at radius 2 is 1.90 bits per heavy atom. The molecule has 0 atom stereocenters. The molecule has 1 N–H and O–H groups in total. The molecule has 1 saturated heterocycles. The van der Waals surface area contributed by atoms with E-state index in [4.69, 9.17) is 0 Å². The van der Waals surface area contributed by atoms with Crippen LogP contribution in [0.2, 0.25) is 0 Å². The summed E-state index contributed by atoms with van der Waals surface area (Å²) in [7, 11) is -3.46. The molecule has 156 valence electrons. The minimum absolute atomic E-state index is 0.134. The summed E-state index contributed by atoms with van der Waals surface area (Å²) in [5.74, 6) is 0.786. The maximum atomic E-state index is 12.5. The molecule has 29 heavy (non-hydrogen) atoms. The molecule has 2 aromatic heterocycles. The standard InChI is InChI=1S/C19H25N5O3S2/c25-18(22-17-9-10-21-24(17)15-5-1-2-6-15)14-28-19-8-7-16(13-20-19)29(26,27)23-11-3-4-12-23/h7-10,13,15H,1-6,11-12,14H2,(H,22,25). The number of pyridine rings is 1. The number of amides is 1. The summed E-state index contributed by atoms with van der Waals surface area (Å²) >= 11 is 1.28. The highest BCUT2D eigenvalue weighted by atomic mass is 32.2. The topological polar surface area (TPSA) is 97.2 Å². The van der Waals surface area contributed by atoms with E-state index >= 15 is 0 Å². The van der Waals surface area contributed by atoms with Gasteiger partial charge < -0.3 is 5.32 Å². The van der Waals surface area contributed by atoms with E-state index in [9.17, 15) is 13.2 Å². The van der Waals surface area contributed by atoms with Crippen LogP contribution >= 0.6 is 11.8 Å². The van der Waals surface area contributed by atoms with E-state index in [1.165, 1.54) is 35.1 Å². The summed E-state index contributed by atoms with van der Waals surface area (Å²) < 4.78 is 28.5. The third kappa shape index (κ3) is 4.65. The third-order valence-corrected chi connectivity index (χ3v) is 8.20. The molecule has 2 aromatic rings. The number of nitrogens with one attached hydrogen (secondary N) is 1. The molecule has 4 rings (SSSR count). The Morgan fingerprint density at radius 1 is 1.14 bits per heavy atom. The first kappa shape index (κ1) is 20.4. The molecule has 2 fully saturated rings. The quantitative estimate of drug-likeness (QED) is 0.672. The zero-order valence-electron chi connectivity index (χ0n) is 16.2. The molecule has 10 heteroatoms. The number of rotatable bonds is 7. The lowest BCUT2D eigenvalue weighted by Gasteiger charge is -2.15. The molecule has 1 aliphatic carbocycles. The molecule has 0 bridgehead atoms. The Balaban J connectivity index is 1.32. The van der Waals surface area contributed by atoms with Crippen LogP contribution < -0.4 is 5.32 Å². The van der Waals surface area contributed by atoms with Crippen molar-refractivity contribution in [3.63, 3.8) is 0 Å². The minimum Gasteiger partial charge on any atom is -0.310 e. The fourth-order valence-electron chi connectivity index (χ4n) is 3.85. The monoisotopic (exact) mass is 435 g/mol. The van der Waals surface area contributed by atoms with Gasteiger partial charge in [-0.05, 0) is 37.8 Å². The first-order valence-electron chi connectivity index (χ1n) is 9.96. The van der Waals surface area contributed by atoms with Crippen LogP contribution in [0.25, 0.3) is 0 Å². The van der Waals surface area contributed by atoms with Gasteiger partial charge in [0.1, 0.15) is 10.7 Å². The first-order chi connectivity index (χ1) is 14.0. The summed E-state index contributed by atoms with van der Waals surface area (Å²) in [6.45, 7) is 1.13. The number of nitrogens with zero attached hydrogens (tertiary/aromatic N) is 4. The van der Waals surface area contributed by atoms with Gasteiger partial charge in [-0.2, -0.15) is 9.40 Å². The molecule has 0 spiro atoms. The summed E-state index contributed by atoms with van der Waals surface area (Å²) in [5, 5.41) is 7.89. The predicted octanol–water partition coefficient (Wildman–Crippen LogP) is 2.91. The van der Waals surface area contributed by atoms with Crippen LogP contribution in [0.15, 0.2) is 40.5 Å². The van der Waals surface area contributed by atoms with Gasteiger partial charge in [0.05, 0.1) is 23.0 Å². The molecule has 1 saturated carbocycles.